The monoisotopic (exact) mass is 340 g/mol. The molecule has 0 aromatic heterocycles. The minimum absolute atomic E-state index is 0.0613. The van der Waals surface area contributed by atoms with Gasteiger partial charge in [0.25, 0.3) is 0 Å². The van der Waals surface area contributed by atoms with Crippen LogP contribution in [0, 0.1) is 17.3 Å². The Morgan fingerprint density at radius 3 is 2.43 bits per heavy atom. The first-order valence-electron chi connectivity index (χ1n) is 8.46. The molecule has 0 N–H and O–H groups in total. The first kappa shape index (κ1) is 20.1. The number of Topliss-reactive ketones (excluding diaryl/α,β-unsaturated/α-hetero) is 1. The normalized spacial score (nSPS) is 24.7. The summed E-state index contributed by atoms with van der Waals surface area (Å²) in [6.45, 7) is 12.1. The van der Waals surface area contributed by atoms with Gasteiger partial charge in [-0.25, -0.2) is 0 Å². The van der Waals surface area contributed by atoms with Crippen molar-refractivity contribution in [2.45, 2.75) is 65.8 Å². The topological polar surface area (TPSA) is 52.6 Å². The predicted octanol–water partition coefficient (Wildman–Crippen LogP) is 3.97. The molecule has 4 nitrogen and oxygen atoms in total. The first-order chi connectivity index (χ1) is 10.5. The van der Waals surface area contributed by atoms with E-state index in [0.717, 1.165) is 12.8 Å². The van der Waals surface area contributed by atoms with Gasteiger partial charge in [0.15, 0.2) is 8.32 Å². The summed E-state index contributed by atoms with van der Waals surface area (Å²) in [6.07, 6.45) is 5.91. The number of ketones is 1. The van der Waals surface area contributed by atoms with Crippen molar-refractivity contribution in [1.29, 1.82) is 0 Å². The minimum Gasteiger partial charge on any atom is -0.469 e. The molecule has 5 heteroatoms. The Kier molecular flexibility index (Phi) is 6.78. The summed E-state index contributed by atoms with van der Waals surface area (Å²) < 4.78 is 11.3. The second kappa shape index (κ2) is 7.75. The number of rotatable bonds is 6. The zero-order valence-corrected chi connectivity index (χ0v) is 16.6. The third-order valence-corrected chi connectivity index (χ3v) is 5.59. The molecule has 1 saturated carbocycles. The van der Waals surface area contributed by atoms with Crippen molar-refractivity contribution in [3.05, 3.63) is 12.2 Å². The van der Waals surface area contributed by atoms with Gasteiger partial charge in [-0.3, -0.25) is 9.59 Å². The first-order valence-corrected chi connectivity index (χ1v) is 11.9. The lowest BCUT2D eigenvalue weighted by atomic mass is 9.63. The van der Waals surface area contributed by atoms with Crippen molar-refractivity contribution < 1.29 is 18.8 Å². The van der Waals surface area contributed by atoms with Crippen molar-refractivity contribution in [3.8, 4) is 0 Å². The highest BCUT2D eigenvalue weighted by atomic mass is 28.4. The molecular formula is C18H32O4Si. The van der Waals surface area contributed by atoms with Crippen molar-refractivity contribution in [2.24, 2.45) is 17.3 Å². The highest BCUT2D eigenvalue weighted by Gasteiger charge is 2.49. The van der Waals surface area contributed by atoms with Crippen LogP contribution in [0.15, 0.2) is 12.2 Å². The fourth-order valence-electron chi connectivity index (χ4n) is 3.53. The van der Waals surface area contributed by atoms with Crippen LogP contribution in [0.2, 0.25) is 19.6 Å². The molecule has 1 aliphatic rings. The van der Waals surface area contributed by atoms with Crippen LogP contribution in [0.25, 0.3) is 0 Å². The maximum atomic E-state index is 12.7. The Balaban J connectivity index is 3.22. The Morgan fingerprint density at radius 2 is 1.96 bits per heavy atom. The fraction of sp³-hybridized carbons (Fsp3) is 0.778. The Morgan fingerprint density at radius 1 is 1.35 bits per heavy atom. The molecule has 0 heterocycles. The molecule has 3 atom stereocenters. The van der Waals surface area contributed by atoms with Gasteiger partial charge < -0.3 is 9.16 Å². The van der Waals surface area contributed by atoms with Crippen LogP contribution < -0.4 is 0 Å². The number of esters is 1. The molecule has 132 valence electrons. The van der Waals surface area contributed by atoms with Gasteiger partial charge in [-0.2, -0.15) is 0 Å². The van der Waals surface area contributed by atoms with Gasteiger partial charge in [-0.1, -0.05) is 12.2 Å². The largest absolute Gasteiger partial charge is 0.469 e. The lowest BCUT2D eigenvalue weighted by molar-refractivity contribution is -0.158. The summed E-state index contributed by atoms with van der Waals surface area (Å²) >= 11 is 0. The third-order valence-electron chi connectivity index (χ3n) is 4.61. The van der Waals surface area contributed by atoms with Crippen LogP contribution in [0.5, 0.6) is 0 Å². The second-order valence-corrected chi connectivity index (χ2v) is 12.4. The number of carbonyl (C=O) groups excluding carboxylic acids is 2. The molecule has 1 aliphatic carbocycles. The van der Waals surface area contributed by atoms with Crippen LogP contribution in [0.1, 0.15) is 40.0 Å². The van der Waals surface area contributed by atoms with Gasteiger partial charge >= 0.3 is 5.97 Å². The molecule has 0 aromatic rings. The number of allylic oxidation sites excluding steroid dienone is 1. The van der Waals surface area contributed by atoms with E-state index in [4.69, 9.17) is 9.16 Å². The molecule has 1 rings (SSSR count). The predicted molar refractivity (Wildman–Crippen MR) is 94.7 cm³/mol. The average Bonchev–Trinajstić information content (AvgIpc) is 2.44. The van der Waals surface area contributed by atoms with E-state index in [1.165, 1.54) is 7.11 Å². The van der Waals surface area contributed by atoms with Gasteiger partial charge in [0.05, 0.1) is 24.5 Å². The quantitative estimate of drug-likeness (QED) is 0.417. The molecule has 0 aromatic carbocycles. The van der Waals surface area contributed by atoms with E-state index >= 15 is 0 Å². The lowest BCUT2D eigenvalue weighted by Gasteiger charge is -2.43. The maximum absolute atomic E-state index is 12.7. The molecule has 0 saturated heterocycles. The molecule has 0 amide bonds. The van der Waals surface area contributed by atoms with Gasteiger partial charge in [-0.15, -0.1) is 0 Å². The molecular weight excluding hydrogens is 308 g/mol. The van der Waals surface area contributed by atoms with Crippen LogP contribution in [-0.4, -0.2) is 33.3 Å². The number of hydrogen-bond acceptors (Lipinski definition) is 4. The SMILES string of the molecule is C/C=C/C(O[Si](C)(C)C)C1C(=O)CCCC1C(C)(C)C(=O)OC. The summed E-state index contributed by atoms with van der Waals surface area (Å²) in [6, 6.07) is 0. The van der Waals surface area contributed by atoms with Crippen LogP contribution in [0.3, 0.4) is 0 Å². The second-order valence-electron chi connectivity index (χ2n) is 7.92. The van der Waals surface area contributed by atoms with Crippen molar-refractivity contribution >= 4 is 20.1 Å². The Bertz CT molecular complexity index is 462. The van der Waals surface area contributed by atoms with Crippen molar-refractivity contribution in [3.63, 3.8) is 0 Å². The Labute approximate surface area is 141 Å². The van der Waals surface area contributed by atoms with Gasteiger partial charge in [-0.05, 0) is 59.2 Å². The zero-order valence-electron chi connectivity index (χ0n) is 15.6. The maximum Gasteiger partial charge on any atom is 0.311 e. The number of carbonyl (C=O) groups is 2. The molecule has 1 fully saturated rings. The molecule has 0 bridgehead atoms. The summed E-state index contributed by atoms with van der Waals surface area (Å²) in [7, 11) is -0.406. The minimum atomic E-state index is -1.81. The summed E-state index contributed by atoms with van der Waals surface area (Å²) in [5, 5.41) is 0. The fourth-order valence-corrected chi connectivity index (χ4v) is 4.58. The van der Waals surface area contributed by atoms with E-state index in [9.17, 15) is 9.59 Å². The third kappa shape index (κ3) is 5.01. The molecule has 0 radical (unpaired) electrons. The standard InChI is InChI=1S/C18H32O4Si/c1-8-10-15(22-23(5,6)7)16-13(11-9-12-14(16)19)18(2,3)17(20)21-4/h8,10,13,15-16H,9,11-12H2,1-7H3/b10-8+. The van der Waals surface area contributed by atoms with Gasteiger partial charge in [0.2, 0.25) is 0 Å². The van der Waals surface area contributed by atoms with Crippen LogP contribution >= 0.6 is 0 Å². The summed E-state index contributed by atoms with van der Waals surface area (Å²) in [5.74, 6) is -0.386. The van der Waals surface area contributed by atoms with Gasteiger partial charge in [0.1, 0.15) is 5.78 Å². The average molecular weight is 341 g/mol. The van der Waals surface area contributed by atoms with Gasteiger partial charge in [0, 0.05) is 6.42 Å². The molecule has 23 heavy (non-hydrogen) atoms. The summed E-state index contributed by atoms with van der Waals surface area (Å²) in [4.78, 5) is 25.0. The Hall–Kier alpha value is -0.943. The number of hydrogen-bond donors (Lipinski definition) is 0. The molecule has 0 aliphatic heterocycles. The van der Waals surface area contributed by atoms with E-state index < -0.39 is 13.7 Å². The van der Waals surface area contributed by atoms with Crippen molar-refractivity contribution in [1.82, 2.24) is 0 Å². The van der Waals surface area contributed by atoms with Crippen LogP contribution in [-0.2, 0) is 18.8 Å². The van der Waals surface area contributed by atoms with E-state index in [-0.39, 0.29) is 29.7 Å². The molecule has 0 spiro atoms. The van der Waals surface area contributed by atoms with E-state index in [2.05, 4.69) is 19.6 Å². The zero-order chi connectivity index (χ0) is 17.8. The highest BCUT2D eigenvalue weighted by molar-refractivity contribution is 6.69. The number of methoxy groups -OCH3 is 1. The molecule has 3 unspecified atom stereocenters. The van der Waals surface area contributed by atoms with E-state index in [1.54, 1.807) is 0 Å². The number of ether oxygens (including phenoxy) is 1. The van der Waals surface area contributed by atoms with Crippen molar-refractivity contribution in [2.75, 3.05) is 7.11 Å². The highest BCUT2D eigenvalue weighted by Crippen LogP contribution is 2.44. The smallest absolute Gasteiger partial charge is 0.311 e. The van der Waals surface area contributed by atoms with Crippen LogP contribution in [0.4, 0.5) is 0 Å². The summed E-state index contributed by atoms with van der Waals surface area (Å²) in [5.41, 5.74) is -0.696. The van der Waals surface area contributed by atoms with E-state index in [1.807, 2.05) is 32.9 Å². The lowest BCUT2D eigenvalue weighted by Crippen LogP contribution is -2.49. The van der Waals surface area contributed by atoms with E-state index in [0.29, 0.717) is 6.42 Å².